The molecule has 0 radical (unpaired) electrons. The summed E-state index contributed by atoms with van der Waals surface area (Å²) in [4.78, 5) is 13.2. The van der Waals surface area contributed by atoms with Crippen LogP contribution in [0.15, 0.2) is 12.7 Å². The molecule has 74 valence electrons. The van der Waals surface area contributed by atoms with E-state index in [-0.39, 0.29) is 12.0 Å². The maximum atomic E-state index is 11.4. The maximum absolute atomic E-state index is 11.4. The van der Waals surface area contributed by atoms with Crippen molar-refractivity contribution in [3.63, 3.8) is 0 Å². The summed E-state index contributed by atoms with van der Waals surface area (Å²) in [7, 11) is 1.69. The van der Waals surface area contributed by atoms with Gasteiger partial charge in [0.15, 0.2) is 0 Å². The number of likely N-dealkylation sites (tertiary alicyclic amines) is 1. The third-order valence-electron chi connectivity index (χ3n) is 2.63. The molecule has 1 aliphatic rings. The van der Waals surface area contributed by atoms with E-state index in [9.17, 15) is 4.79 Å². The van der Waals surface area contributed by atoms with Crippen molar-refractivity contribution in [2.24, 2.45) is 0 Å². The van der Waals surface area contributed by atoms with Crippen molar-refractivity contribution in [3.05, 3.63) is 12.7 Å². The molecule has 2 atom stereocenters. The first kappa shape index (κ1) is 10.3. The highest BCUT2D eigenvalue weighted by Gasteiger charge is 2.27. The molecule has 0 aromatic heterocycles. The van der Waals surface area contributed by atoms with Gasteiger partial charge in [0.05, 0.1) is 6.10 Å². The lowest BCUT2D eigenvalue weighted by Gasteiger charge is -2.36. The van der Waals surface area contributed by atoms with Gasteiger partial charge in [0.25, 0.3) is 0 Å². The average Bonchev–Trinajstić information content (AvgIpc) is 2.17. The monoisotopic (exact) mass is 183 g/mol. The average molecular weight is 183 g/mol. The largest absolute Gasteiger partial charge is 0.380 e. The van der Waals surface area contributed by atoms with Crippen LogP contribution < -0.4 is 0 Å². The minimum absolute atomic E-state index is 0.00856. The van der Waals surface area contributed by atoms with Crippen LogP contribution >= 0.6 is 0 Å². The molecule has 0 saturated carbocycles. The summed E-state index contributed by atoms with van der Waals surface area (Å²) in [5, 5.41) is 0. The zero-order valence-electron chi connectivity index (χ0n) is 8.32. The van der Waals surface area contributed by atoms with Crippen molar-refractivity contribution in [3.8, 4) is 0 Å². The van der Waals surface area contributed by atoms with Crippen LogP contribution in [0.3, 0.4) is 0 Å². The van der Waals surface area contributed by atoms with Crippen LogP contribution in [0, 0.1) is 0 Å². The standard InChI is InChI=1S/C10H17NO2/c1-4-10(12)11-7-9(13-3)6-5-8(11)2/h4,8-9H,1,5-7H2,2-3H3. The molecule has 0 bridgehead atoms. The van der Waals surface area contributed by atoms with Crippen LogP contribution in [0.5, 0.6) is 0 Å². The van der Waals surface area contributed by atoms with E-state index in [1.165, 1.54) is 6.08 Å². The fourth-order valence-electron chi connectivity index (χ4n) is 1.69. The van der Waals surface area contributed by atoms with Crippen LogP contribution in [-0.4, -0.2) is 36.6 Å². The van der Waals surface area contributed by atoms with Crippen LogP contribution in [-0.2, 0) is 9.53 Å². The summed E-state index contributed by atoms with van der Waals surface area (Å²) >= 11 is 0. The molecule has 3 heteroatoms. The van der Waals surface area contributed by atoms with Gasteiger partial charge in [0.1, 0.15) is 0 Å². The molecule has 0 aromatic carbocycles. The van der Waals surface area contributed by atoms with Gasteiger partial charge >= 0.3 is 0 Å². The predicted octanol–water partition coefficient (Wildman–Crippen LogP) is 1.20. The molecular formula is C10H17NO2. The highest BCUT2D eigenvalue weighted by molar-refractivity contribution is 5.87. The quantitative estimate of drug-likeness (QED) is 0.602. The van der Waals surface area contributed by atoms with E-state index < -0.39 is 0 Å². The number of methoxy groups -OCH3 is 1. The van der Waals surface area contributed by atoms with Crippen LogP contribution in [0.1, 0.15) is 19.8 Å². The number of nitrogens with zero attached hydrogens (tertiary/aromatic N) is 1. The molecule has 13 heavy (non-hydrogen) atoms. The topological polar surface area (TPSA) is 29.5 Å². The van der Waals surface area contributed by atoms with Crippen molar-refractivity contribution in [1.82, 2.24) is 4.90 Å². The summed E-state index contributed by atoms with van der Waals surface area (Å²) in [6, 6.07) is 0.317. The molecule has 2 unspecified atom stereocenters. The third kappa shape index (κ3) is 2.31. The molecule has 1 fully saturated rings. The van der Waals surface area contributed by atoms with Crippen LogP contribution in [0.25, 0.3) is 0 Å². The van der Waals surface area contributed by atoms with Crippen LogP contribution in [0.4, 0.5) is 0 Å². The smallest absolute Gasteiger partial charge is 0.246 e. The summed E-state index contributed by atoms with van der Waals surface area (Å²) in [6.07, 6.45) is 3.62. The molecule has 1 saturated heterocycles. The molecule has 0 aromatic rings. The normalized spacial score (nSPS) is 28.6. The molecule has 3 nitrogen and oxygen atoms in total. The number of hydrogen-bond donors (Lipinski definition) is 0. The number of amides is 1. The first-order chi connectivity index (χ1) is 6.19. The van der Waals surface area contributed by atoms with Gasteiger partial charge in [0, 0.05) is 19.7 Å². The molecule has 0 spiro atoms. The van der Waals surface area contributed by atoms with Gasteiger partial charge in [-0.05, 0) is 25.8 Å². The Balaban J connectivity index is 2.59. The molecular weight excluding hydrogens is 166 g/mol. The van der Waals surface area contributed by atoms with E-state index in [2.05, 4.69) is 13.5 Å². The van der Waals surface area contributed by atoms with E-state index in [1.54, 1.807) is 7.11 Å². The third-order valence-corrected chi connectivity index (χ3v) is 2.63. The number of carbonyl (C=O) groups is 1. The summed E-state index contributed by atoms with van der Waals surface area (Å²) < 4.78 is 5.24. The minimum Gasteiger partial charge on any atom is -0.380 e. The number of hydrogen-bond acceptors (Lipinski definition) is 2. The second-order valence-electron chi connectivity index (χ2n) is 3.48. The Morgan fingerprint density at radius 3 is 2.85 bits per heavy atom. The van der Waals surface area contributed by atoms with E-state index in [0.29, 0.717) is 12.6 Å². The molecule has 0 aliphatic carbocycles. The Bertz CT molecular complexity index is 203. The Morgan fingerprint density at radius 2 is 2.31 bits per heavy atom. The SMILES string of the molecule is C=CC(=O)N1CC(OC)CCC1C. The molecule has 1 aliphatic heterocycles. The van der Waals surface area contributed by atoms with Gasteiger partial charge in [-0.15, -0.1) is 0 Å². The van der Waals surface area contributed by atoms with Crippen molar-refractivity contribution in [1.29, 1.82) is 0 Å². The molecule has 1 rings (SSSR count). The van der Waals surface area contributed by atoms with E-state index in [1.807, 2.05) is 4.90 Å². The van der Waals surface area contributed by atoms with Gasteiger partial charge in [0.2, 0.25) is 5.91 Å². The highest BCUT2D eigenvalue weighted by atomic mass is 16.5. The van der Waals surface area contributed by atoms with Crippen molar-refractivity contribution in [2.75, 3.05) is 13.7 Å². The summed E-state index contributed by atoms with van der Waals surface area (Å²) in [5.74, 6) is 0.00856. The van der Waals surface area contributed by atoms with Crippen LogP contribution in [0.2, 0.25) is 0 Å². The fourth-order valence-corrected chi connectivity index (χ4v) is 1.69. The molecule has 1 heterocycles. The number of carbonyl (C=O) groups excluding carboxylic acids is 1. The predicted molar refractivity (Wildman–Crippen MR) is 51.4 cm³/mol. The number of rotatable bonds is 2. The Morgan fingerprint density at radius 1 is 1.62 bits per heavy atom. The van der Waals surface area contributed by atoms with Crippen molar-refractivity contribution < 1.29 is 9.53 Å². The number of piperidine rings is 1. The first-order valence-electron chi connectivity index (χ1n) is 4.65. The Hall–Kier alpha value is -0.830. The zero-order valence-corrected chi connectivity index (χ0v) is 8.32. The Kier molecular flexibility index (Phi) is 3.48. The summed E-state index contributed by atoms with van der Waals surface area (Å²) in [5.41, 5.74) is 0. The Labute approximate surface area is 79.4 Å². The minimum atomic E-state index is 0.00856. The maximum Gasteiger partial charge on any atom is 0.246 e. The van der Waals surface area contributed by atoms with E-state index >= 15 is 0 Å². The fraction of sp³-hybridized carbons (Fsp3) is 0.700. The number of ether oxygens (including phenoxy) is 1. The van der Waals surface area contributed by atoms with Gasteiger partial charge in [-0.25, -0.2) is 0 Å². The lowest BCUT2D eigenvalue weighted by molar-refractivity contribution is -0.132. The first-order valence-corrected chi connectivity index (χ1v) is 4.65. The molecule has 1 amide bonds. The zero-order chi connectivity index (χ0) is 9.84. The highest BCUT2D eigenvalue weighted by Crippen LogP contribution is 2.18. The van der Waals surface area contributed by atoms with Gasteiger partial charge in [-0.1, -0.05) is 6.58 Å². The molecule has 0 N–H and O–H groups in total. The van der Waals surface area contributed by atoms with Gasteiger partial charge < -0.3 is 9.64 Å². The van der Waals surface area contributed by atoms with E-state index in [4.69, 9.17) is 4.74 Å². The lowest BCUT2D eigenvalue weighted by atomic mass is 10.0. The summed E-state index contributed by atoms with van der Waals surface area (Å²) in [6.45, 7) is 6.25. The van der Waals surface area contributed by atoms with E-state index in [0.717, 1.165) is 12.8 Å². The van der Waals surface area contributed by atoms with Crippen molar-refractivity contribution >= 4 is 5.91 Å². The van der Waals surface area contributed by atoms with Gasteiger partial charge in [-0.2, -0.15) is 0 Å². The lowest BCUT2D eigenvalue weighted by Crippen LogP contribution is -2.47. The second kappa shape index (κ2) is 4.42. The van der Waals surface area contributed by atoms with Gasteiger partial charge in [-0.3, -0.25) is 4.79 Å². The second-order valence-corrected chi connectivity index (χ2v) is 3.48. The van der Waals surface area contributed by atoms with Crippen molar-refractivity contribution in [2.45, 2.75) is 31.9 Å².